The summed E-state index contributed by atoms with van der Waals surface area (Å²) in [6.07, 6.45) is 5.81. The number of halogens is 1. The van der Waals surface area contributed by atoms with Crippen molar-refractivity contribution < 1.29 is 23.8 Å². The number of esters is 1. The molecule has 0 fully saturated rings. The number of aryl methyl sites for hydroxylation is 1. The molecule has 1 aliphatic rings. The summed E-state index contributed by atoms with van der Waals surface area (Å²) in [6, 6.07) is 20.4. The van der Waals surface area contributed by atoms with Crippen molar-refractivity contribution in [1.29, 1.82) is 0 Å². The van der Waals surface area contributed by atoms with E-state index in [0.717, 1.165) is 52.5 Å². The van der Waals surface area contributed by atoms with Crippen molar-refractivity contribution in [3.05, 3.63) is 104 Å². The molecule has 7 nitrogen and oxygen atoms in total. The molecule has 0 radical (unpaired) electrons. The summed E-state index contributed by atoms with van der Waals surface area (Å²) in [4.78, 5) is 31.5. The van der Waals surface area contributed by atoms with E-state index in [4.69, 9.17) is 19.2 Å². The Bertz CT molecular complexity index is 1620. The Morgan fingerprint density at radius 3 is 2.49 bits per heavy atom. The maximum atomic E-state index is 13.4. The largest absolute Gasteiger partial charge is 0.490 e. The molecule has 43 heavy (non-hydrogen) atoms. The number of fused-ring (bicyclic) bond motifs is 1. The van der Waals surface area contributed by atoms with Crippen molar-refractivity contribution >= 4 is 56.0 Å². The highest BCUT2D eigenvalue weighted by Crippen LogP contribution is 2.41. The molecule has 9 heteroatoms. The Morgan fingerprint density at radius 2 is 1.74 bits per heavy atom. The third kappa shape index (κ3) is 7.53. The number of hydrogen-bond acceptors (Lipinski definition) is 7. The number of hydrogen-bond donors (Lipinski definition) is 1. The first-order chi connectivity index (χ1) is 21.0. The number of thiophene rings is 1. The van der Waals surface area contributed by atoms with Crippen LogP contribution in [0.15, 0.2) is 76.2 Å². The molecule has 0 saturated carbocycles. The van der Waals surface area contributed by atoms with Crippen LogP contribution in [0.3, 0.4) is 0 Å². The van der Waals surface area contributed by atoms with Crippen LogP contribution >= 0.6 is 27.3 Å². The van der Waals surface area contributed by atoms with Gasteiger partial charge in [0.1, 0.15) is 11.6 Å². The second kappa shape index (κ2) is 14.5. The van der Waals surface area contributed by atoms with Crippen molar-refractivity contribution in [3.63, 3.8) is 0 Å². The van der Waals surface area contributed by atoms with Gasteiger partial charge in [0.25, 0.3) is 5.91 Å². The highest BCUT2D eigenvalue weighted by Gasteiger charge is 2.25. The van der Waals surface area contributed by atoms with Gasteiger partial charge in [-0.3, -0.25) is 4.79 Å². The molecular weight excluding hydrogens is 628 g/mol. The van der Waals surface area contributed by atoms with Gasteiger partial charge in [-0.25, -0.2) is 9.79 Å². The molecule has 5 rings (SSSR count). The standard InChI is InChI=1S/C34H33BrN2O5S/c1-3-40-28-19-23(18-27(35)31(28)42-21-22-14-16-24(17-15-22)34(39)41-4-2)20-36-33-30(26-12-8-9-13-29(26)43-33)32(38)37-25-10-6-5-7-11-25/h5-7,10-11,14-20H,3-4,8-9,12-13,21H2,1-2H3,(H,37,38). The highest BCUT2D eigenvalue weighted by molar-refractivity contribution is 9.10. The minimum absolute atomic E-state index is 0.132. The molecule has 0 bridgehead atoms. The van der Waals surface area contributed by atoms with Crippen LogP contribution in [0.2, 0.25) is 0 Å². The molecule has 0 atom stereocenters. The van der Waals surface area contributed by atoms with Crippen molar-refractivity contribution in [2.24, 2.45) is 4.99 Å². The lowest BCUT2D eigenvalue weighted by atomic mass is 9.95. The zero-order valence-corrected chi connectivity index (χ0v) is 26.6. The molecule has 0 aliphatic heterocycles. The van der Waals surface area contributed by atoms with Crippen molar-refractivity contribution in [3.8, 4) is 11.5 Å². The van der Waals surface area contributed by atoms with E-state index >= 15 is 0 Å². The van der Waals surface area contributed by atoms with Crippen LogP contribution in [0.5, 0.6) is 11.5 Å². The monoisotopic (exact) mass is 660 g/mol. The summed E-state index contributed by atoms with van der Waals surface area (Å²) in [5.41, 5.74) is 4.75. The minimum Gasteiger partial charge on any atom is -0.490 e. The van der Waals surface area contributed by atoms with E-state index in [1.165, 1.54) is 4.88 Å². The van der Waals surface area contributed by atoms with Crippen LogP contribution in [0.1, 0.15) is 69.0 Å². The first kappa shape index (κ1) is 30.5. The van der Waals surface area contributed by atoms with Gasteiger partial charge in [-0.15, -0.1) is 11.3 Å². The smallest absolute Gasteiger partial charge is 0.338 e. The Labute approximate surface area is 264 Å². The lowest BCUT2D eigenvalue weighted by Crippen LogP contribution is -2.14. The van der Waals surface area contributed by atoms with Crippen LogP contribution < -0.4 is 14.8 Å². The van der Waals surface area contributed by atoms with Gasteiger partial charge in [0.05, 0.1) is 28.8 Å². The van der Waals surface area contributed by atoms with E-state index in [-0.39, 0.29) is 18.5 Å². The first-order valence-electron chi connectivity index (χ1n) is 14.4. The number of nitrogens with one attached hydrogen (secondary N) is 1. The third-order valence-corrected chi connectivity index (χ3v) is 8.71. The summed E-state index contributed by atoms with van der Waals surface area (Å²) >= 11 is 5.25. The molecule has 1 N–H and O–H groups in total. The van der Waals surface area contributed by atoms with E-state index in [2.05, 4.69) is 21.2 Å². The fourth-order valence-electron chi connectivity index (χ4n) is 4.90. The quantitative estimate of drug-likeness (QED) is 0.129. The van der Waals surface area contributed by atoms with E-state index in [0.29, 0.717) is 40.8 Å². The maximum absolute atomic E-state index is 13.4. The topological polar surface area (TPSA) is 86.2 Å². The average Bonchev–Trinajstić information content (AvgIpc) is 3.39. The maximum Gasteiger partial charge on any atom is 0.338 e. The first-order valence-corrected chi connectivity index (χ1v) is 16.0. The van der Waals surface area contributed by atoms with Crippen molar-refractivity contribution in [1.82, 2.24) is 0 Å². The highest BCUT2D eigenvalue weighted by atomic mass is 79.9. The molecule has 222 valence electrons. The number of para-hydroxylation sites is 1. The number of rotatable bonds is 11. The van der Waals surface area contributed by atoms with Crippen molar-refractivity contribution in [2.75, 3.05) is 18.5 Å². The summed E-state index contributed by atoms with van der Waals surface area (Å²) in [5.74, 6) is 0.671. The number of anilines is 1. The summed E-state index contributed by atoms with van der Waals surface area (Å²) < 4.78 is 17.9. The number of nitrogens with zero attached hydrogens (tertiary/aromatic N) is 1. The number of benzene rings is 3. The van der Waals surface area contributed by atoms with Crippen LogP contribution in [0.25, 0.3) is 0 Å². The number of ether oxygens (including phenoxy) is 3. The van der Waals surface area contributed by atoms with E-state index < -0.39 is 0 Å². The minimum atomic E-state index is -0.347. The lowest BCUT2D eigenvalue weighted by Gasteiger charge is -2.15. The molecule has 0 saturated heterocycles. The number of aliphatic imine (C=N–C) groups is 1. The number of carbonyl (C=O) groups excluding carboxylic acids is 2. The van der Waals surface area contributed by atoms with Crippen LogP contribution in [-0.4, -0.2) is 31.3 Å². The Kier molecular flexibility index (Phi) is 10.3. The van der Waals surface area contributed by atoms with Gasteiger partial charge in [0.2, 0.25) is 0 Å². The predicted octanol–water partition coefficient (Wildman–Crippen LogP) is 8.55. The zero-order chi connectivity index (χ0) is 30.2. The average molecular weight is 662 g/mol. The Hall–Kier alpha value is -3.95. The Balaban J connectivity index is 1.37. The molecule has 0 spiro atoms. The molecule has 1 aromatic heterocycles. The van der Waals surface area contributed by atoms with Gasteiger partial charge in [-0.05, 0) is 109 Å². The van der Waals surface area contributed by atoms with Gasteiger partial charge >= 0.3 is 5.97 Å². The van der Waals surface area contributed by atoms with Crippen LogP contribution in [0, 0.1) is 0 Å². The van der Waals surface area contributed by atoms with Gasteiger partial charge < -0.3 is 19.5 Å². The summed E-state index contributed by atoms with van der Waals surface area (Å²) in [6.45, 7) is 4.77. The zero-order valence-electron chi connectivity index (χ0n) is 24.2. The molecule has 1 heterocycles. The van der Waals surface area contributed by atoms with Gasteiger partial charge in [-0.2, -0.15) is 0 Å². The normalized spacial score (nSPS) is 12.5. The van der Waals surface area contributed by atoms with Gasteiger partial charge in [0.15, 0.2) is 11.5 Å². The molecule has 3 aromatic carbocycles. The lowest BCUT2D eigenvalue weighted by molar-refractivity contribution is 0.0526. The fourth-order valence-corrected chi connectivity index (χ4v) is 6.70. The predicted molar refractivity (Wildman–Crippen MR) is 175 cm³/mol. The Morgan fingerprint density at radius 1 is 0.977 bits per heavy atom. The molecule has 0 unspecified atom stereocenters. The van der Waals surface area contributed by atoms with E-state index in [9.17, 15) is 9.59 Å². The van der Waals surface area contributed by atoms with Crippen LogP contribution in [-0.2, 0) is 24.2 Å². The SMILES string of the molecule is CCOC(=O)c1ccc(COc2c(Br)cc(C=Nc3sc4c(c3C(=O)Nc3ccccc3)CCCC4)cc2OCC)cc1. The van der Waals surface area contributed by atoms with Crippen LogP contribution in [0.4, 0.5) is 10.7 Å². The second-order valence-electron chi connectivity index (χ2n) is 9.94. The summed E-state index contributed by atoms with van der Waals surface area (Å²) in [7, 11) is 0. The number of amides is 1. The van der Waals surface area contributed by atoms with E-state index in [1.807, 2.05) is 61.5 Å². The molecule has 1 aliphatic carbocycles. The van der Waals surface area contributed by atoms with Gasteiger partial charge in [0, 0.05) is 16.8 Å². The second-order valence-corrected chi connectivity index (χ2v) is 11.9. The third-order valence-electron chi connectivity index (χ3n) is 6.92. The van der Waals surface area contributed by atoms with Gasteiger partial charge in [-0.1, -0.05) is 30.3 Å². The summed E-state index contributed by atoms with van der Waals surface area (Å²) in [5, 5.41) is 3.75. The molecule has 4 aromatic rings. The molecular formula is C34H33BrN2O5S. The molecule has 1 amide bonds. The van der Waals surface area contributed by atoms with E-state index in [1.54, 1.807) is 36.6 Å². The number of carbonyl (C=O) groups is 2. The van der Waals surface area contributed by atoms with Crippen molar-refractivity contribution in [2.45, 2.75) is 46.1 Å². The fraction of sp³-hybridized carbons (Fsp3) is 0.265.